The molecule has 0 bridgehead atoms. The largest absolute Gasteiger partial charge is 0.330 e. The quantitative estimate of drug-likeness (QED) is 0.871. The standard InChI is InChI=1S/C13H14FN3/c14-12-3-1-10(2-4-12)7-13-16-8-11(5-6-15)9-17-13/h1-4,8-9H,5-7,15H2. The molecule has 0 aliphatic heterocycles. The van der Waals surface area contributed by atoms with Crippen LogP contribution in [0.1, 0.15) is 17.0 Å². The van der Waals surface area contributed by atoms with E-state index < -0.39 is 0 Å². The lowest BCUT2D eigenvalue weighted by Crippen LogP contribution is -2.04. The number of aromatic nitrogens is 2. The van der Waals surface area contributed by atoms with E-state index in [0.29, 0.717) is 13.0 Å². The number of rotatable bonds is 4. The highest BCUT2D eigenvalue weighted by molar-refractivity contribution is 5.20. The third-order valence-corrected chi connectivity index (χ3v) is 2.47. The van der Waals surface area contributed by atoms with E-state index in [-0.39, 0.29) is 5.82 Å². The molecule has 0 saturated heterocycles. The van der Waals surface area contributed by atoms with Crippen molar-refractivity contribution in [1.29, 1.82) is 0 Å². The molecule has 0 saturated carbocycles. The summed E-state index contributed by atoms with van der Waals surface area (Å²) >= 11 is 0. The van der Waals surface area contributed by atoms with Crippen LogP contribution in [0.5, 0.6) is 0 Å². The Bertz CT molecular complexity index is 465. The summed E-state index contributed by atoms with van der Waals surface area (Å²) in [5.41, 5.74) is 7.48. The Morgan fingerprint density at radius 3 is 2.24 bits per heavy atom. The van der Waals surface area contributed by atoms with Crippen molar-refractivity contribution >= 4 is 0 Å². The van der Waals surface area contributed by atoms with E-state index in [2.05, 4.69) is 9.97 Å². The molecule has 2 aromatic rings. The van der Waals surface area contributed by atoms with Crippen LogP contribution in [0.2, 0.25) is 0 Å². The molecule has 0 radical (unpaired) electrons. The molecule has 1 heterocycles. The number of hydrogen-bond donors (Lipinski definition) is 1. The van der Waals surface area contributed by atoms with Gasteiger partial charge in [0.15, 0.2) is 0 Å². The van der Waals surface area contributed by atoms with Crippen molar-refractivity contribution in [3.05, 3.63) is 59.4 Å². The summed E-state index contributed by atoms with van der Waals surface area (Å²) in [5, 5.41) is 0. The smallest absolute Gasteiger partial charge is 0.132 e. The van der Waals surface area contributed by atoms with E-state index in [1.54, 1.807) is 24.5 Å². The van der Waals surface area contributed by atoms with Gasteiger partial charge < -0.3 is 5.73 Å². The summed E-state index contributed by atoms with van der Waals surface area (Å²) in [6, 6.07) is 6.37. The zero-order valence-corrected chi connectivity index (χ0v) is 9.44. The van der Waals surface area contributed by atoms with E-state index in [1.807, 2.05) is 0 Å². The molecule has 2 N–H and O–H groups in total. The van der Waals surface area contributed by atoms with Gasteiger partial charge in [-0.25, -0.2) is 14.4 Å². The number of benzene rings is 1. The van der Waals surface area contributed by atoms with Crippen molar-refractivity contribution in [2.75, 3.05) is 6.54 Å². The first-order chi connectivity index (χ1) is 8.28. The fraction of sp³-hybridized carbons (Fsp3) is 0.231. The maximum Gasteiger partial charge on any atom is 0.132 e. The van der Waals surface area contributed by atoms with Gasteiger partial charge >= 0.3 is 0 Å². The number of halogens is 1. The summed E-state index contributed by atoms with van der Waals surface area (Å²) in [5.74, 6) is 0.505. The minimum Gasteiger partial charge on any atom is -0.330 e. The fourth-order valence-corrected chi connectivity index (χ4v) is 1.55. The summed E-state index contributed by atoms with van der Waals surface area (Å²) in [4.78, 5) is 8.51. The Kier molecular flexibility index (Phi) is 3.77. The van der Waals surface area contributed by atoms with E-state index >= 15 is 0 Å². The molecule has 1 aromatic heterocycles. The Hall–Kier alpha value is -1.81. The molecule has 17 heavy (non-hydrogen) atoms. The van der Waals surface area contributed by atoms with Crippen LogP contribution in [-0.4, -0.2) is 16.5 Å². The van der Waals surface area contributed by atoms with E-state index in [0.717, 1.165) is 23.4 Å². The Morgan fingerprint density at radius 1 is 1.00 bits per heavy atom. The van der Waals surface area contributed by atoms with Gasteiger partial charge in [0.1, 0.15) is 11.6 Å². The minimum absolute atomic E-state index is 0.229. The maximum atomic E-state index is 12.7. The molecule has 4 heteroatoms. The van der Waals surface area contributed by atoms with Gasteiger partial charge in [0, 0.05) is 18.8 Å². The SMILES string of the molecule is NCCc1cnc(Cc2ccc(F)cc2)nc1. The Balaban J connectivity index is 2.05. The lowest BCUT2D eigenvalue weighted by molar-refractivity contribution is 0.627. The highest BCUT2D eigenvalue weighted by Gasteiger charge is 2.00. The normalized spacial score (nSPS) is 10.5. The molecule has 0 atom stereocenters. The molecule has 0 aliphatic carbocycles. The third-order valence-electron chi connectivity index (χ3n) is 2.47. The van der Waals surface area contributed by atoms with Crippen LogP contribution in [0, 0.1) is 5.82 Å². The highest BCUT2D eigenvalue weighted by Crippen LogP contribution is 2.07. The average Bonchev–Trinajstić information content (AvgIpc) is 2.35. The summed E-state index contributed by atoms with van der Waals surface area (Å²) in [7, 11) is 0. The van der Waals surface area contributed by atoms with E-state index in [1.165, 1.54) is 12.1 Å². The molecule has 0 unspecified atom stereocenters. The van der Waals surface area contributed by atoms with Gasteiger partial charge in [-0.2, -0.15) is 0 Å². The molecular weight excluding hydrogens is 217 g/mol. The fourth-order valence-electron chi connectivity index (χ4n) is 1.55. The molecule has 0 aliphatic rings. The van der Waals surface area contributed by atoms with Gasteiger partial charge in [-0.3, -0.25) is 0 Å². The average molecular weight is 231 g/mol. The zero-order valence-electron chi connectivity index (χ0n) is 9.44. The summed E-state index contributed by atoms with van der Waals surface area (Å²) in [6.07, 6.45) is 4.98. The van der Waals surface area contributed by atoms with Crippen molar-refractivity contribution in [1.82, 2.24) is 9.97 Å². The molecular formula is C13H14FN3. The summed E-state index contributed by atoms with van der Waals surface area (Å²) < 4.78 is 12.7. The molecule has 0 fully saturated rings. The first kappa shape index (κ1) is 11.7. The molecule has 0 spiro atoms. The molecule has 88 valence electrons. The molecule has 1 aromatic carbocycles. The van der Waals surface area contributed by atoms with Crippen LogP contribution in [-0.2, 0) is 12.8 Å². The van der Waals surface area contributed by atoms with Crippen molar-refractivity contribution in [2.45, 2.75) is 12.8 Å². The molecule has 0 amide bonds. The topological polar surface area (TPSA) is 51.8 Å². The first-order valence-corrected chi connectivity index (χ1v) is 5.52. The van der Waals surface area contributed by atoms with Crippen LogP contribution in [0.15, 0.2) is 36.7 Å². The predicted molar refractivity (Wildman–Crippen MR) is 64.0 cm³/mol. The second kappa shape index (κ2) is 5.50. The lowest BCUT2D eigenvalue weighted by atomic mass is 10.1. The van der Waals surface area contributed by atoms with Crippen molar-refractivity contribution in [3.63, 3.8) is 0 Å². The third kappa shape index (κ3) is 3.32. The van der Waals surface area contributed by atoms with Crippen LogP contribution in [0.25, 0.3) is 0 Å². The van der Waals surface area contributed by atoms with Crippen molar-refractivity contribution < 1.29 is 4.39 Å². The van der Waals surface area contributed by atoms with Crippen LogP contribution in [0.4, 0.5) is 4.39 Å². The van der Waals surface area contributed by atoms with E-state index in [9.17, 15) is 4.39 Å². The zero-order chi connectivity index (χ0) is 12.1. The van der Waals surface area contributed by atoms with Crippen LogP contribution >= 0.6 is 0 Å². The summed E-state index contributed by atoms with van der Waals surface area (Å²) in [6.45, 7) is 0.598. The minimum atomic E-state index is -0.229. The van der Waals surface area contributed by atoms with Crippen molar-refractivity contribution in [3.8, 4) is 0 Å². The number of hydrogen-bond acceptors (Lipinski definition) is 3. The van der Waals surface area contributed by atoms with Crippen LogP contribution in [0.3, 0.4) is 0 Å². The molecule has 2 rings (SSSR count). The highest BCUT2D eigenvalue weighted by atomic mass is 19.1. The van der Waals surface area contributed by atoms with Gasteiger partial charge in [0.2, 0.25) is 0 Å². The van der Waals surface area contributed by atoms with Gasteiger partial charge in [-0.15, -0.1) is 0 Å². The van der Waals surface area contributed by atoms with Gasteiger partial charge in [0.05, 0.1) is 0 Å². The Labute approximate surface area is 99.5 Å². The second-order valence-electron chi connectivity index (χ2n) is 3.85. The first-order valence-electron chi connectivity index (χ1n) is 5.52. The van der Waals surface area contributed by atoms with Gasteiger partial charge in [-0.05, 0) is 36.2 Å². The number of nitrogens with zero attached hydrogens (tertiary/aromatic N) is 2. The van der Waals surface area contributed by atoms with Gasteiger partial charge in [-0.1, -0.05) is 12.1 Å². The van der Waals surface area contributed by atoms with Gasteiger partial charge in [0.25, 0.3) is 0 Å². The lowest BCUT2D eigenvalue weighted by Gasteiger charge is -2.02. The predicted octanol–water partition coefficient (Wildman–Crippen LogP) is 1.71. The maximum absolute atomic E-state index is 12.7. The molecule has 3 nitrogen and oxygen atoms in total. The second-order valence-corrected chi connectivity index (χ2v) is 3.85. The van der Waals surface area contributed by atoms with Crippen molar-refractivity contribution in [2.24, 2.45) is 5.73 Å². The monoisotopic (exact) mass is 231 g/mol. The Morgan fingerprint density at radius 2 is 1.65 bits per heavy atom. The number of nitrogens with two attached hydrogens (primary N) is 1. The van der Waals surface area contributed by atoms with Crippen LogP contribution < -0.4 is 5.73 Å². The van der Waals surface area contributed by atoms with E-state index in [4.69, 9.17) is 5.73 Å².